The van der Waals surface area contributed by atoms with E-state index in [2.05, 4.69) is 12.6 Å². The van der Waals surface area contributed by atoms with Crippen molar-refractivity contribution < 1.29 is 4.79 Å². The second-order valence-electron chi connectivity index (χ2n) is 4.19. The molecule has 0 bridgehead atoms. The second-order valence-corrected chi connectivity index (χ2v) is 4.67. The molecule has 3 heteroatoms. The summed E-state index contributed by atoms with van der Waals surface area (Å²) < 4.78 is 0. The lowest BCUT2D eigenvalue weighted by molar-refractivity contribution is -0.118. The van der Waals surface area contributed by atoms with Crippen LogP contribution < -0.4 is 5.73 Å². The molecule has 2 aromatic carbocycles. The van der Waals surface area contributed by atoms with Gasteiger partial charge in [0.2, 0.25) is 5.91 Å². The highest BCUT2D eigenvalue weighted by Gasteiger charge is 2.18. The van der Waals surface area contributed by atoms with E-state index < -0.39 is 0 Å². The number of benzene rings is 2. The van der Waals surface area contributed by atoms with Crippen LogP contribution >= 0.6 is 12.6 Å². The third kappa shape index (κ3) is 2.93. The number of rotatable bonds is 4. The number of primary amides is 1. The highest BCUT2D eigenvalue weighted by atomic mass is 32.1. The van der Waals surface area contributed by atoms with Gasteiger partial charge in [0.15, 0.2) is 0 Å². The molecule has 2 rings (SSSR count). The minimum absolute atomic E-state index is 0.0302. The Morgan fingerprint density at radius 1 is 1.06 bits per heavy atom. The molecule has 92 valence electrons. The SMILES string of the molecule is NC(=O)CC(c1ccccc1)c1ccccc1S. The Morgan fingerprint density at radius 2 is 1.67 bits per heavy atom. The Balaban J connectivity index is 2.44. The quantitative estimate of drug-likeness (QED) is 0.812. The Morgan fingerprint density at radius 3 is 2.28 bits per heavy atom. The fourth-order valence-electron chi connectivity index (χ4n) is 2.08. The first-order chi connectivity index (χ1) is 8.68. The van der Waals surface area contributed by atoms with Gasteiger partial charge in [-0.15, -0.1) is 12.6 Å². The fourth-order valence-corrected chi connectivity index (χ4v) is 2.39. The number of carbonyl (C=O) groups is 1. The molecular formula is C15H15NOS. The van der Waals surface area contributed by atoms with Gasteiger partial charge in [-0.25, -0.2) is 0 Å². The van der Waals surface area contributed by atoms with Crippen LogP contribution in [-0.4, -0.2) is 5.91 Å². The number of carbonyl (C=O) groups excluding carboxylic acids is 1. The second kappa shape index (κ2) is 5.74. The fraction of sp³-hybridized carbons (Fsp3) is 0.133. The number of amides is 1. The Bertz CT molecular complexity index is 539. The summed E-state index contributed by atoms with van der Waals surface area (Å²) in [6.07, 6.45) is 0.293. The summed E-state index contributed by atoms with van der Waals surface area (Å²) in [7, 11) is 0. The van der Waals surface area contributed by atoms with E-state index in [0.717, 1.165) is 16.0 Å². The zero-order valence-electron chi connectivity index (χ0n) is 9.91. The summed E-state index contributed by atoms with van der Waals surface area (Å²) in [6.45, 7) is 0. The summed E-state index contributed by atoms with van der Waals surface area (Å²) in [4.78, 5) is 12.1. The van der Waals surface area contributed by atoms with Crippen LogP contribution in [0.2, 0.25) is 0 Å². The highest BCUT2D eigenvalue weighted by Crippen LogP contribution is 2.31. The van der Waals surface area contributed by atoms with Gasteiger partial charge in [-0.05, 0) is 17.2 Å². The smallest absolute Gasteiger partial charge is 0.218 e. The van der Waals surface area contributed by atoms with Crippen molar-refractivity contribution in [3.8, 4) is 0 Å². The van der Waals surface area contributed by atoms with Crippen LogP contribution in [0.25, 0.3) is 0 Å². The molecule has 0 fully saturated rings. The molecule has 1 unspecified atom stereocenters. The Kier molecular flexibility index (Phi) is 4.05. The van der Waals surface area contributed by atoms with Gasteiger partial charge in [0, 0.05) is 17.2 Å². The van der Waals surface area contributed by atoms with Crippen molar-refractivity contribution in [2.45, 2.75) is 17.2 Å². The molecule has 0 saturated heterocycles. The normalized spacial score (nSPS) is 12.1. The number of hydrogen-bond acceptors (Lipinski definition) is 2. The molecular weight excluding hydrogens is 242 g/mol. The monoisotopic (exact) mass is 257 g/mol. The molecule has 2 nitrogen and oxygen atoms in total. The van der Waals surface area contributed by atoms with E-state index >= 15 is 0 Å². The molecule has 0 aliphatic carbocycles. The molecule has 0 aliphatic heterocycles. The average Bonchev–Trinajstić information content (AvgIpc) is 2.38. The van der Waals surface area contributed by atoms with E-state index in [4.69, 9.17) is 5.73 Å². The van der Waals surface area contributed by atoms with Crippen molar-refractivity contribution >= 4 is 18.5 Å². The van der Waals surface area contributed by atoms with E-state index in [1.54, 1.807) is 0 Å². The van der Waals surface area contributed by atoms with E-state index in [9.17, 15) is 4.79 Å². The maximum atomic E-state index is 11.3. The van der Waals surface area contributed by atoms with E-state index in [0.29, 0.717) is 6.42 Å². The van der Waals surface area contributed by atoms with Crippen molar-refractivity contribution in [2.75, 3.05) is 0 Å². The molecule has 0 radical (unpaired) electrons. The Labute approximate surface area is 112 Å². The predicted molar refractivity (Wildman–Crippen MR) is 75.8 cm³/mol. The van der Waals surface area contributed by atoms with Crippen LogP contribution in [0.3, 0.4) is 0 Å². The molecule has 2 N–H and O–H groups in total. The minimum Gasteiger partial charge on any atom is -0.370 e. The molecule has 0 aromatic heterocycles. The lowest BCUT2D eigenvalue weighted by atomic mass is 9.88. The zero-order chi connectivity index (χ0) is 13.0. The van der Waals surface area contributed by atoms with E-state index in [1.165, 1.54) is 0 Å². The largest absolute Gasteiger partial charge is 0.370 e. The molecule has 1 atom stereocenters. The van der Waals surface area contributed by atoms with Gasteiger partial charge in [0.1, 0.15) is 0 Å². The summed E-state index contributed by atoms with van der Waals surface area (Å²) in [5.74, 6) is -0.335. The summed E-state index contributed by atoms with van der Waals surface area (Å²) in [6, 6.07) is 17.7. The van der Waals surface area contributed by atoms with Crippen molar-refractivity contribution in [3.05, 3.63) is 65.7 Å². The van der Waals surface area contributed by atoms with E-state index in [1.807, 2.05) is 54.6 Å². The van der Waals surface area contributed by atoms with Crippen molar-refractivity contribution in [2.24, 2.45) is 5.73 Å². The highest BCUT2D eigenvalue weighted by molar-refractivity contribution is 7.80. The first-order valence-electron chi connectivity index (χ1n) is 5.79. The number of thiol groups is 1. The average molecular weight is 257 g/mol. The molecule has 0 aliphatic rings. The summed E-state index contributed by atoms with van der Waals surface area (Å²) >= 11 is 4.46. The molecule has 2 aromatic rings. The molecule has 1 amide bonds. The molecule has 0 spiro atoms. The van der Waals surface area contributed by atoms with Crippen LogP contribution in [-0.2, 0) is 4.79 Å². The van der Waals surface area contributed by atoms with Crippen LogP contribution in [0.4, 0.5) is 0 Å². The number of nitrogens with two attached hydrogens (primary N) is 1. The van der Waals surface area contributed by atoms with Gasteiger partial charge in [0.05, 0.1) is 0 Å². The summed E-state index contributed by atoms with van der Waals surface area (Å²) in [5.41, 5.74) is 7.47. The van der Waals surface area contributed by atoms with E-state index in [-0.39, 0.29) is 11.8 Å². The summed E-state index contributed by atoms with van der Waals surface area (Å²) in [5, 5.41) is 0. The maximum Gasteiger partial charge on any atom is 0.218 e. The molecule has 0 saturated carbocycles. The van der Waals surface area contributed by atoms with Crippen molar-refractivity contribution in [1.29, 1.82) is 0 Å². The third-order valence-electron chi connectivity index (χ3n) is 2.92. The van der Waals surface area contributed by atoms with Crippen LogP contribution in [0.15, 0.2) is 59.5 Å². The molecule has 18 heavy (non-hydrogen) atoms. The Hall–Kier alpha value is -1.74. The number of hydrogen-bond donors (Lipinski definition) is 2. The van der Waals surface area contributed by atoms with Crippen molar-refractivity contribution in [3.63, 3.8) is 0 Å². The van der Waals surface area contributed by atoms with Crippen molar-refractivity contribution in [1.82, 2.24) is 0 Å². The standard InChI is InChI=1S/C15H15NOS/c16-15(17)10-13(11-6-2-1-3-7-11)12-8-4-5-9-14(12)18/h1-9,13,18H,10H2,(H2,16,17). The lowest BCUT2D eigenvalue weighted by Crippen LogP contribution is -2.16. The third-order valence-corrected chi connectivity index (χ3v) is 3.33. The van der Waals surface area contributed by atoms with Gasteiger partial charge in [-0.1, -0.05) is 48.5 Å². The first-order valence-corrected chi connectivity index (χ1v) is 6.24. The predicted octanol–water partition coefficient (Wildman–Crippen LogP) is 2.98. The van der Waals surface area contributed by atoms with Gasteiger partial charge in [-0.2, -0.15) is 0 Å². The first kappa shape index (κ1) is 12.7. The van der Waals surface area contributed by atoms with Gasteiger partial charge in [0.25, 0.3) is 0 Å². The minimum atomic E-state index is -0.305. The lowest BCUT2D eigenvalue weighted by Gasteiger charge is -2.18. The molecule has 0 heterocycles. The topological polar surface area (TPSA) is 43.1 Å². The van der Waals surface area contributed by atoms with Gasteiger partial charge in [-0.3, -0.25) is 4.79 Å². The van der Waals surface area contributed by atoms with Crippen LogP contribution in [0.1, 0.15) is 23.5 Å². The zero-order valence-corrected chi connectivity index (χ0v) is 10.8. The van der Waals surface area contributed by atoms with Crippen LogP contribution in [0, 0.1) is 0 Å². The van der Waals surface area contributed by atoms with Gasteiger partial charge >= 0.3 is 0 Å². The van der Waals surface area contributed by atoms with Crippen LogP contribution in [0.5, 0.6) is 0 Å². The maximum absolute atomic E-state index is 11.3. The van der Waals surface area contributed by atoms with Gasteiger partial charge < -0.3 is 5.73 Å².